The Bertz CT molecular complexity index is 217. The van der Waals surface area contributed by atoms with Crippen LogP contribution in [0.15, 0.2) is 0 Å². The van der Waals surface area contributed by atoms with E-state index in [2.05, 4.69) is 19.2 Å². The highest BCUT2D eigenvalue weighted by molar-refractivity contribution is 4.92. The largest absolute Gasteiger partial charge is 0.374 e. The number of rotatable bonds is 7. The minimum Gasteiger partial charge on any atom is -0.374 e. The second-order valence-electron chi connectivity index (χ2n) is 6.00. The molecule has 2 saturated carbocycles. The molecule has 0 aromatic rings. The van der Waals surface area contributed by atoms with Gasteiger partial charge in [-0.2, -0.15) is 0 Å². The average Bonchev–Trinajstić information content (AvgIpc) is 3.14. The molecule has 2 aliphatic rings. The summed E-state index contributed by atoms with van der Waals surface area (Å²) >= 11 is 0. The highest BCUT2D eigenvalue weighted by Gasteiger charge is 2.36. The third-order valence-corrected chi connectivity index (χ3v) is 4.45. The molecule has 0 heterocycles. The van der Waals surface area contributed by atoms with E-state index in [9.17, 15) is 0 Å². The van der Waals surface area contributed by atoms with Crippen LogP contribution in [-0.2, 0) is 4.74 Å². The van der Waals surface area contributed by atoms with Crippen LogP contribution < -0.4 is 5.32 Å². The predicted molar refractivity (Wildman–Crippen MR) is 72.2 cm³/mol. The van der Waals surface area contributed by atoms with E-state index in [0.29, 0.717) is 0 Å². The van der Waals surface area contributed by atoms with Gasteiger partial charge < -0.3 is 10.1 Å². The molecule has 0 radical (unpaired) electrons. The Morgan fingerprint density at radius 1 is 1.12 bits per heavy atom. The van der Waals surface area contributed by atoms with Gasteiger partial charge in [0.05, 0.1) is 5.60 Å². The third-order valence-electron chi connectivity index (χ3n) is 4.45. The zero-order valence-electron chi connectivity index (χ0n) is 11.6. The fourth-order valence-corrected chi connectivity index (χ4v) is 3.20. The van der Waals surface area contributed by atoms with Crippen LogP contribution in [0.3, 0.4) is 0 Å². The highest BCUT2D eigenvalue weighted by Crippen LogP contribution is 2.37. The van der Waals surface area contributed by atoms with Crippen molar-refractivity contribution in [2.45, 2.75) is 76.9 Å². The van der Waals surface area contributed by atoms with Gasteiger partial charge in [-0.25, -0.2) is 0 Å². The smallest absolute Gasteiger partial charge is 0.0806 e. The van der Waals surface area contributed by atoms with E-state index in [4.69, 9.17) is 4.74 Å². The van der Waals surface area contributed by atoms with Crippen molar-refractivity contribution in [1.29, 1.82) is 0 Å². The van der Waals surface area contributed by atoms with Crippen molar-refractivity contribution < 1.29 is 4.74 Å². The van der Waals surface area contributed by atoms with Crippen LogP contribution in [0, 0.1) is 5.92 Å². The number of hydrogen-bond donors (Lipinski definition) is 1. The summed E-state index contributed by atoms with van der Waals surface area (Å²) < 4.78 is 6.11. The van der Waals surface area contributed by atoms with Gasteiger partial charge >= 0.3 is 0 Å². The Labute approximate surface area is 107 Å². The summed E-state index contributed by atoms with van der Waals surface area (Å²) in [4.78, 5) is 0. The maximum Gasteiger partial charge on any atom is 0.0806 e. The Kier molecular flexibility index (Phi) is 4.87. The quantitative estimate of drug-likeness (QED) is 0.734. The first-order valence-electron chi connectivity index (χ1n) is 7.65. The maximum absolute atomic E-state index is 6.11. The van der Waals surface area contributed by atoms with Crippen molar-refractivity contribution >= 4 is 0 Å². The van der Waals surface area contributed by atoms with Gasteiger partial charge in [-0.3, -0.25) is 0 Å². The molecule has 100 valence electrons. The van der Waals surface area contributed by atoms with Gasteiger partial charge in [0.2, 0.25) is 0 Å². The predicted octanol–water partition coefficient (Wildman–Crippen LogP) is 3.50. The second-order valence-corrected chi connectivity index (χ2v) is 6.00. The molecule has 17 heavy (non-hydrogen) atoms. The molecular weight excluding hydrogens is 210 g/mol. The minimum absolute atomic E-state index is 0.168. The first-order chi connectivity index (χ1) is 8.28. The molecule has 2 aliphatic carbocycles. The summed E-state index contributed by atoms with van der Waals surface area (Å²) in [6.45, 7) is 6.39. The average molecular weight is 239 g/mol. The standard InChI is InChI=1S/C15H29NO/c1-3-5-13-8-10-15(11-9-13,17-4-2)12-16-14-6-7-14/h13-14,16H,3-12H2,1-2H3. The highest BCUT2D eigenvalue weighted by atomic mass is 16.5. The molecule has 0 aromatic carbocycles. The van der Waals surface area contributed by atoms with Crippen molar-refractivity contribution in [3.63, 3.8) is 0 Å². The summed E-state index contributed by atoms with van der Waals surface area (Å²) in [5, 5.41) is 3.67. The molecule has 0 amide bonds. The Hall–Kier alpha value is -0.0800. The van der Waals surface area contributed by atoms with Crippen LogP contribution in [0.1, 0.15) is 65.2 Å². The fraction of sp³-hybridized carbons (Fsp3) is 1.00. The van der Waals surface area contributed by atoms with Gasteiger partial charge in [0, 0.05) is 19.2 Å². The van der Waals surface area contributed by atoms with Crippen LogP contribution in [0.4, 0.5) is 0 Å². The minimum atomic E-state index is 0.168. The van der Waals surface area contributed by atoms with E-state index >= 15 is 0 Å². The SMILES string of the molecule is CCCC1CCC(CNC2CC2)(OCC)CC1. The van der Waals surface area contributed by atoms with Gasteiger partial charge in [0.25, 0.3) is 0 Å². The molecule has 0 aliphatic heterocycles. The molecule has 0 saturated heterocycles. The van der Waals surface area contributed by atoms with Crippen LogP contribution in [0.25, 0.3) is 0 Å². The zero-order chi connectivity index (χ0) is 12.1. The zero-order valence-corrected chi connectivity index (χ0v) is 11.6. The van der Waals surface area contributed by atoms with Gasteiger partial charge in [-0.15, -0.1) is 0 Å². The Morgan fingerprint density at radius 2 is 1.82 bits per heavy atom. The number of nitrogens with one attached hydrogen (secondary N) is 1. The molecule has 0 bridgehead atoms. The van der Waals surface area contributed by atoms with E-state index in [1.165, 1.54) is 51.4 Å². The van der Waals surface area contributed by atoms with E-state index in [1.54, 1.807) is 0 Å². The van der Waals surface area contributed by atoms with Crippen LogP contribution >= 0.6 is 0 Å². The van der Waals surface area contributed by atoms with E-state index in [0.717, 1.165) is 25.1 Å². The van der Waals surface area contributed by atoms with Gasteiger partial charge in [0.15, 0.2) is 0 Å². The van der Waals surface area contributed by atoms with Crippen molar-refractivity contribution in [3.8, 4) is 0 Å². The lowest BCUT2D eigenvalue weighted by Crippen LogP contribution is -2.46. The summed E-state index contributed by atoms with van der Waals surface area (Å²) in [6, 6.07) is 0.806. The molecule has 2 rings (SSSR count). The van der Waals surface area contributed by atoms with Crippen molar-refractivity contribution in [2.24, 2.45) is 5.92 Å². The van der Waals surface area contributed by atoms with E-state index in [1.807, 2.05) is 0 Å². The van der Waals surface area contributed by atoms with Crippen molar-refractivity contribution in [1.82, 2.24) is 5.32 Å². The monoisotopic (exact) mass is 239 g/mol. The van der Waals surface area contributed by atoms with Crippen LogP contribution in [-0.4, -0.2) is 24.8 Å². The van der Waals surface area contributed by atoms with Gasteiger partial charge in [-0.05, 0) is 51.4 Å². The van der Waals surface area contributed by atoms with E-state index in [-0.39, 0.29) is 5.60 Å². The first kappa shape index (κ1) is 13.4. The molecule has 0 aromatic heterocycles. The molecule has 0 spiro atoms. The molecule has 2 fully saturated rings. The van der Waals surface area contributed by atoms with Crippen LogP contribution in [0.5, 0.6) is 0 Å². The molecule has 2 heteroatoms. The first-order valence-corrected chi connectivity index (χ1v) is 7.65. The van der Waals surface area contributed by atoms with E-state index < -0.39 is 0 Å². The molecule has 0 unspecified atom stereocenters. The lowest BCUT2D eigenvalue weighted by molar-refractivity contribution is -0.0718. The summed E-state index contributed by atoms with van der Waals surface area (Å²) in [5.41, 5.74) is 0.168. The maximum atomic E-state index is 6.11. The Morgan fingerprint density at radius 3 is 2.35 bits per heavy atom. The second kappa shape index (κ2) is 6.19. The van der Waals surface area contributed by atoms with Crippen molar-refractivity contribution in [3.05, 3.63) is 0 Å². The summed E-state index contributed by atoms with van der Waals surface area (Å²) in [7, 11) is 0. The van der Waals surface area contributed by atoms with Gasteiger partial charge in [-0.1, -0.05) is 19.8 Å². The van der Waals surface area contributed by atoms with Crippen LogP contribution in [0.2, 0.25) is 0 Å². The normalized spacial score (nSPS) is 33.9. The Balaban J connectivity index is 1.79. The summed E-state index contributed by atoms with van der Waals surface area (Å²) in [6.07, 6.45) is 10.8. The topological polar surface area (TPSA) is 21.3 Å². The molecular formula is C15H29NO. The van der Waals surface area contributed by atoms with Gasteiger partial charge in [0.1, 0.15) is 0 Å². The van der Waals surface area contributed by atoms with Crippen molar-refractivity contribution in [2.75, 3.05) is 13.2 Å². The number of ether oxygens (including phenoxy) is 1. The fourth-order valence-electron chi connectivity index (χ4n) is 3.20. The summed E-state index contributed by atoms with van der Waals surface area (Å²) in [5.74, 6) is 0.967. The third kappa shape index (κ3) is 3.96. The molecule has 1 N–H and O–H groups in total. The molecule has 2 nitrogen and oxygen atoms in total. The lowest BCUT2D eigenvalue weighted by Gasteiger charge is -2.40. The molecule has 0 atom stereocenters. The lowest BCUT2D eigenvalue weighted by atomic mass is 9.77. The number of hydrogen-bond acceptors (Lipinski definition) is 2.